The summed E-state index contributed by atoms with van der Waals surface area (Å²) in [5, 5.41) is 17.5. The van der Waals surface area contributed by atoms with Crippen LogP contribution in [0.25, 0.3) is 54.6 Å². The van der Waals surface area contributed by atoms with Crippen molar-refractivity contribution in [2.24, 2.45) is 0 Å². The lowest BCUT2D eigenvalue weighted by Crippen LogP contribution is -2.31. The third-order valence-corrected chi connectivity index (χ3v) is 5.11. The van der Waals surface area contributed by atoms with Crippen molar-refractivity contribution in [2.75, 3.05) is 0 Å². The van der Waals surface area contributed by atoms with Crippen molar-refractivity contribution in [3.8, 4) is 22.3 Å². The van der Waals surface area contributed by atoms with Gasteiger partial charge in [0.15, 0.2) is 0 Å². The van der Waals surface area contributed by atoms with Gasteiger partial charge in [0.2, 0.25) is 0 Å². The van der Waals surface area contributed by atoms with Crippen LogP contribution in [0.5, 0.6) is 0 Å². The largest absolute Gasteiger partial charge is 0.489 e. The van der Waals surface area contributed by atoms with Gasteiger partial charge in [-0.25, -0.2) is 0 Å². The quantitative estimate of drug-likeness (QED) is 0.254. The van der Waals surface area contributed by atoms with Gasteiger partial charge in [-0.05, 0) is 60.0 Å². The van der Waals surface area contributed by atoms with Gasteiger partial charge < -0.3 is 10.0 Å². The van der Waals surface area contributed by atoms with E-state index in [9.17, 15) is 10.0 Å². The van der Waals surface area contributed by atoms with Gasteiger partial charge in [0, 0.05) is 0 Å². The average Bonchev–Trinajstić information content (AvgIpc) is 3.10. The zero-order valence-corrected chi connectivity index (χ0v) is 16.5. The molecule has 2 N–H and O–H groups in total. The number of hydrogen-bond donors (Lipinski definition) is 2. The van der Waals surface area contributed by atoms with Crippen molar-refractivity contribution in [2.45, 2.75) is 0 Å². The summed E-state index contributed by atoms with van der Waals surface area (Å²) in [5.41, 5.74) is -3.50. The fourth-order valence-corrected chi connectivity index (χ4v) is 3.72. The Bertz CT molecular complexity index is 2540. The molecular weight excluding hydrogens is 403 g/mol. The summed E-state index contributed by atoms with van der Waals surface area (Å²) in [7, 11) is -2.58. The normalized spacial score (nSPS) is 19.4. The molecular formula is C30H21BO2. The second-order valence-corrected chi connectivity index (χ2v) is 6.91. The molecule has 0 amide bonds. The third kappa shape index (κ3) is 3.22. The Morgan fingerprint density at radius 3 is 1.58 bits per heavy atom. The van der Waals surface area contributed by atoms with Crippen molar-refractivity contribution in [3.63, 3.8) is 0 Å². The van der Waals surface area contributed by atoms with E-state index in [0.717, 1.165) is 0 Å². The van der Waals surface area contributed by atoms with E-state index in [1.165, 1.54) is 0 Å². The summed E-state index contributed by atoms with van der Waals surface area (Å²) in [6, 6.07) is -16.6. The molecule has 0 unspecified atom stereocenters. The lowest BCUT2D eigenvalue weighted by molar-refractivity contribution is 0.426. The van der Waals surface area contributed by atoms with Gasteiger partial charge in [-0.2, -0.15) is 0 Å². The molecule has 0 saturated carbocycles. The highest BCUT2D eigenvalue weighted by atomic mass is 16.4. The summed E-state index contributed by atoms with van der Waals surface area (Å²) in [6.07, 6.45) is 0. The second-order valence-electron chi connectivity index (χ2n) is 6.91. The van der Waals surface area contributed by atoms with Gasteiger partial charge in [0.1, 0.15) is 0 Å². The molecule has 156 valence electrons. The monoisotopic (exact) mass is 443 g/mol. The Hall–Kier alpha value is -3.92. The van der Waals surface area contributed by atoms with Gasteiger partial charge in [0.05, 0.1) is 26.0 Å². The van der Waals surface area contributed by atoms with Crippen LogP contribution >= 0.6 is 0 Å². The smallest absolute Gasteiger partial charge is 0.423 e. The molecule has 0 bridgehead atoms. The molecule has 0 aromatic heterocycles. The maximum atomic E-state index is 10.5. The lowest BCUT2D eigenvalue weighted by Gasteiger charge is -2.17. The molecule has 0 spiro atoms. The zero-order chi connectivity index (χ0) is 38.9. The third-order valence-electron chi connectivity index (χ3n) is 5.11. The molecule has 0 atom stereocenters. The number of rotatable bonds is 3. The minimum atomic E-state index is -2.58. The van der Waals surface area contributed by atoms with E-state index in [1.807, 2.05) is 0 Å². The van der Waals surface area contributed by atoms with E-state index in [0.29, 0.717) is 0 Å². The maximum Gasteiger partial charge on any atom is 0.489 e. The van der Waals surface area contributed by atoms with E-state index < -0.39 is 182 Å². The summed E-state index contributed by atoms with van der Waals surface area (Å²) in [5.74, 6) is 0. The molecule has 0 aliphatic rings. The Morgan fingerprint density at radius 2 is 0.970 bits per heavy atom. The van der Waals surface area contributed by atoms with Crippen LogP contribution < -0.4 is 5.46 Å². The van der Waals surface area contributed by atoms with Crippen molar-refractivity contribution >= 4 is 44.9 Å². The highest BCUT2D eigenvalue weighted by Gasteiger charge is 2.22. The molecule has 0 radical (unpaired) electrons. The van der Waals surface area contributed by atoms with Gasteiger partial charge in [-0.3, -0.25) is 0 Å². The predicted octanol–water partition coefficient (Wildman–Crippen LogP) is 6.16. The van der Waals surface area contributed by atoms with Crippen LogP contribution in [0.15, 0.2) is 115 Å². The fraction of sp³-hybridized carbons (Fsp3) is 0. The first kappa shape index (κ1) is 8.14. The van der Waals surface area contributed by atoms with Crippen LogP contribution in [0, 0.1) is 0 Å². The predicted molar refractivity (Wildman–Crippen MR) is 140 cm³/mol. The molecule has 0 aliphatic heterocycles. The van der Waals surface area contributed by atoms with Crippen molar-refractivity contribution in [1.29, 1.82) is 0 Å². The van der Waals surface area contributed by atoms with Gasteiger partial charge in [-0.15, -0.1) is 0 Å². The topological polar surface area (TPSA) is 40.5 Å². The molecule has 6 aromatic carbocycles. The van der Waals surface area contributed by atoms with Gasteiger partial charge >= 0.3 is 7.12 Å². The molecule has 6 aromatic rings. The van der Waals surface area contributed by atoms with Crippen molar-refractivity contribution in [3.05, 3.63) is 115 Å². The Labute approximate surface area is 219 Å². The fourth-order valence-electron chi connectivity index (χ4n) is 3.72. The molecule has 0 heterocycles. The molecule has 0 saturated heterocycles. The lowest BCUT2D eigenvalue weighted by atomic mass is 9.72. The summed E-state index contributed by atoms with van der Waals surface area (Å²) < 4.78 is 164. The number of benzene rings is 6. The van der Waals surface area contributed by atoms with Gasteiger partial charge in [0.25, 0.3) is 0 Å². The molecule has 2 nitrogen and oxygen atoms in total. The van der Waals surface area contributed by atoms with Crippen molar-refractivity contribution < 1.29 is 36.1 Å². The number of hydrogen-bond acceptors (Lipinski definition) is 2. The second kappa shape index (κ2) is 7.89. The SMILES string of the molecule is [2H]c1c([2H])c(-c2c3c([2H])c([2H])c([2H])c([2H])c3c(B(O)O)c3c([2H])c([2H])c([2H])c([2H])c23)c([2H])c([2H])c1-c1c([2H])c([2H])c([2H])c2c([2H])c([2H])c([2H])c([2H])c12. The first-order valence-electron chi connectivity index (χ1n) is 19.1. The van der Waals surface area contributed by atoms with Crippen LogP contribution in [-0.4, -0.2) is 17.2 Å². The van der Waals surface area contributed by atoms with Crippen LogP contribution in [0.3, 0.4) is 0 Å². The molecule has 33 heavy (non-hydrogen) atoms. The molecule has 6 rings (SSSR count). The van der Waals surface area contributed by atoms with E-state index in [-0.39, 0.29) is 0 Å². The minimum Gasteiger partial charge on any atom is -0.423 e. The molecule has 3 heteroatoms. The van der Waals surface area contributed by atoms with Crippen LogP contribution in [0.4, 0.5) is 0 Å². The highest BCUT2D eigenvalue weighted by Crippen LogP contribution is 2.37. The standard InChI is InChI=1S/C30H21BO2/c32-31(33)30-27-13-5-3-11-25(27)29(26-12-4-6-14-28(26)30)22-18-16-21(17-19-22)24-15-7-9-20-8-1-2-10-23(20)24/h1-19,32-33H/i1D,2D,3D,4D,5D,6D,7D,8D,9D,10D,11D,12D,13D,14D,15D,16D,17D,18D,19D. The van der Waals surface area contributed by atoms with Crippen LogP contribution in [-0.2, 0) is 0 Å². The minimum absolute atomic E-state index is 0.523. The van der Waals surface area contributed by atoms with E-state index in [4.69, 9.17) is 26.0 Å². The summed E-state index contributed by atoms with van der Waals surface area (Å²) in [6.45, 7) is 0. The van der Waals surface area contributed by atoms with E-state index in [2.05, 4.69) is 0 Å². The highest BCUT2D eigenvalue weighted by molar-refractivity contribution is 6.66. The Balaban J connectivity index is 1.95. The first-order chi connectivity index (χ1) is 24.1. The van der Waals surface area contributed by atoms with Gasteiger partial charge in [-0.1, -0.05) is 115 Å². The summed E-state index contributed by atoms with van der Waals surface area (Å²) >= 11 is 0. The van der Waals surface area contributed by atoms with Crippen LogP contribution in [0.2, 0.25) is 0 Å². The average molecular weight is 443 g/mol. The number of fused-ring (bicyclic) bond motifs is 3. The van der Waals surface area contributed by atoms with Crippen molar-refractivity contribution in [1.82, 2.24) is 0 Å². The zero-order valence-electron chi connectivity index (χ0n) is 35.5. The van der Waals surface area contributed by atoms with E-state index in [1.54, 1.807) is 0 Å². The molecule has 0 aliphatic carbocycles. The Morgan fingerprint density at radius 1 is 0.485 bits per heavy atom. The molecule has 0 fully saturated rings. The maximum absolute atomic E-state index is 10.5. The Kier molecular flexibility index (Phi) is 1.95. The van der Waals surface area contributed by atoms with Crippen LogP contribution in [0.1, 0.15) is 26.0 Å². The first-order valence-corrected chi connectivity index (χ1v) is 9.56. The van der Waals surface area contributed by atoms with E-state index >= 15 is 0 Å². The summed E-state index contributed by atoms with van der Waals surface area (Å²) in [4.78, 5) is 0.